The maximum Gasteiger partial charge on any atom is 0.269 e. The number of nitrogens with zero attached hydrogens (tertiary/aromatic N) is 3. The quantitative estimate of drug-likeness (QED) is 0.468. The number of hydrogen-bond donors (Lipinski definition) is 2. The molecule has 0 radical (unpaired) electrons. The molecule has 2 N–H and O–H groups in total. The summed E-state index contributed by atoms with van der Waals surface area (Å²) in [5, 5.41) is 18.0. The second-order valence-corrected chi connectivity index (χ2v) is 4.63. The monoisotopic (exact) mass is 303 g/mol. The van der Waals surface area contributed by atoms with Crippen molar-refractivity contribution in [2.24, 2.45) is 16.1 Å². The molecule has 114 valence electrons. The third-order valence-electron chi connectivity index (χ3n) is 3.06. The smallest absolute Gasteiger partial charge is 0.269 e. The summed E-state index contributed by atoms with van der Waals surface area (Å²) in [5.74, 6) is -1.31. The molecule has 1 aliphatic rings. The SMILES string of the molecule is CC1=NNC(=O)[C@H]1CC(=O)N/N=C\c1ccc([N+](=O)[O-])cc1. The number of amides is 2. The minimum absolute atomic E-state index is 0.0248. The van der Waals surface area contributed by atoms with Crippen LogP contribution in [-0.2, 0) is 9.59 Å². The summed E-state index contributed by atoms with van der Waals surface area (Å²) >= 11 is 0. The van der Waals surface area contributed by atoms with Gasteiger partial charge in [-0.25, -0.2) is 10.9 Å². The molecule has 1 atom stereocenters. The zero-order chi connectivity index (χ0) is 16.1. The fourth-order valence-corrected chi connectivity index (χ4v) is 1.82. The van der Waals surface area contributed by atoms with Crippen LogP contribution in [0.25, 0.3) is 0 Å². The van der Waals surface area contributed by atoms with Crippen LogP contribution in [0.1, 0.15) is 18.9 Å². The van der Waals surface area contributed by atoms with Gasteiger partial charge in [0.05, 0.1) is 17.1 Å². The van der Waals surface area contributed by atoms with Gasteiger partial charge < -0.3 is 0 Å². The number of nitrogens with one attached hydrogen (secondary N) is 2. The molecule has 0 fully saturated rings. The van der Waals surface area contributed by atoms with Crippen molar-refractivity contribution in [3.63, 3.8) is 0 Å². The van der Waals surface area contributed by atoms with Gasteiger partial charge in [0.1, 0.15) is 0 Å². The first-order valence-electron chi connectivity index (χ1n) is 6.38. The predicted molar refractivity (Wildman–Crippen MR) is 78.2 cm³/mol. The van der Waals surface area contributed by atoms with E-state index < -0.39 is 16.7 Å². The lowest BCUT2D eigenvalue weighted by Crippen LogP contribution is -2.29. The van der Waals surface area contributed by atoms with Gasteiger partial charge in [-0.15, -0.1) is 0 Å². The standard InChI is InChI=1S/C13H13N5O4/c1-8-11(13(20)17-15-8)6-12(19)16-14-7-9-2-4-10(5-3-9)18(21)22/h2-5,7,11H,6H2,1H3,(H,16,19)(H,17,20)/b14-7-/t11-/m0/s1. The fourth-order valence-electron chi connectivity index (χ4n) is 1.82. The lowest BCUT2D eigenvalue weighted by Gasteiger charge is -2.05. The molecular weight excluding hydrogens is 290 g/mol. The van der Waals surface area contributed by atoms with E-state index >= 15 is 0 Å². The van der Waals surface area contributed by atoms with Gasteiger partial charge in [0.2, 0.25) is 11.8 Å². The number of hydrogen-bond acceptors (Lipinski definition) is 6. The second kappa shape index (κ2) is 6.57. The molecule has 0 bridgehead atoms. The summed E-state index contributed by atoms with van der Waals surface area (Å²) < 4.78 is 0. The number of benzene rings is 1. The molecular formula is C13H13N5O4. The molecule has 0 saturated heterocycles. The van der Waals surface area contributed by atoms with Crippen molar-refractivity contribution in [3.8, 4) is 0 Å². The summed E-state index contributed by atoms with van der Waals surface area (Å²) in [6, 6.07) is 5.70. The normalized spacial score (nSPS) is 17.2. The topological polar surface area (TPSA) is 126 Å². The Balaban J connectivity index is 1.86. The number of rotatable bonds is 5. The molecule has 0 unspecified atom stereocenters. The van der Waals surface area contributed by atoms with Crippen LogP contribution in [0.4, 0.5) is 5.69 Å². The maximum atomic E-state index is 11.7. The molecule has 1 aromatic rings. The molecule has 22 heavy (non-hydrogen) atoms. The molecule has 9 nitrogen and oxygen atoms in total. The molecule has 0 aliphatic carbocycles. The highest BCUT2D eigenvalue weighted by Crippen LogP contribution is 2.12. The summed E-state index contributed by atoms with van der Waals surface area (Å²) in [5.41, 5.74) is 5.72. The van der Waals surface area contributed by atoms with Crippen LogP contribution in [0.2, 0.25) is 0 Å². The molecule has 2 amide bonds. The zero-order valence-electron chi connectivity index (χ0n) is 11.6. The highest BCUT2D eigenvalue weighted by Gasteiger charge is 2.28. The highest BCUT2D eigenvalue weighted by molar-refractivity contribution is 6.09. The van der Waals surface area contributed by atoms with Gasteiger partial charge in [-0.1, -0.05) is 0 Å². The summed E-state index contributed by atoms with van der Waals surface area (Å²) in [6.07, 6.45) is 1.32. The molecule has 2 rings (SSSR count). The third kappa shape index (κ3) is 3.72. The van der Waals surface area contributed by atoms with Crippen LogP contribution < -0.4 is 10.9 Å². The van der Waals surface area contributed by atoms with Crippen molar-refractivity contribution in [2.45, 2.75) is 13.3 Å². The van der Waals surface area contributed by atoms with Gasteiger partial charge in [-0.2, -0.15) is 10.2 Å². The fraction of sp³-hybridized carbons (Fsp3) is 0.231. The van der Waals surface area contributed by atoms with E-state index in [1.807, 2.05) is 0 Å². The third-order valence-corrected chi connectivity index (χ3v) is 3.06. The van der Waals surface area contributed by atoms with Crippen LogP contribution >= 0.6 is 0 Å². The van der Waals surface area contributed by atoms with Gasteiger partial charge in [-0.05, 0) is 24.6 Å². The van der Waals surface area contributed by atoms with E-state index in [1.54, 1.807) is 6.92 Å². The Kier molecular flexibility index (Phi) is 4.57. The Morgan fingerprint density at radius 1 is 1.50 bits per heavy atom. The lowest BCUT2D eigenvalue weighted by molar-refractivity contribution is -0.384. The van der Waals surface area contributed by atoms with Gasteiger partial charge in [0.25, 0.3) is 5.69 Å². The van der Waals surface area contributed by atoms with Gasteiger partial charge >= 0.3 is 0 Å². The van der Waals surface area contributed by atoms with E-state index in [2.05, 4.69) is 21.1 Å². The first-order valence-corrected chi connectivity index (χ1v) is 6.38. The summed E-state index contributed by atoms with van der Waals surface area (Å²) in [6.45, 7) is 1.66. The first-order chi connectivity index (χ1) is 10.5. The highest BCUT2D eigenvalue weighted by atomic mass is 16.6. The summed E-state index contributed by atoms with van der Waals surface area (Å²) in [7, 11) is 0. The van der Waals surface area contributed by atoms with Crippen molar-refractivity contribution >= 4 is 29.4 Å². The minimum atomic E-state index is -0.574. The Bertz CT molecular complexity index is 666. The average Bonchev–Trinajstić information content (AvgIpc) is 2.79. The predicted octanol–water partition coefficient (Wildman–Crippen LogP) is 0.557. The Morgan fingerprint density at radius 2 is 2.18 bits per heavy atom. The van der Waals surface area contributed by atoms with Crippen LogP contribution in [0.15, 0.2) is 34.5 Å². The summed E-state index contributed by atoms with van der Waals surface area (Å²) in [4.78, 5) is 33.1. The van der Waals surface area contributed by atoms with Crippen molar-refractivity contribution in [2.75, 3.05) is 0 Å². The number of nitro benzene ring substituents is 1. The molecule has 0 spiro atoms. The Labute approximate surface area is 125 Å². The molecule has 1 aromatic carbocycles. The van der Waals surface area contributed by atoms with Gasteiger partial charge in [0, 0.05) is 24.3 Å². The minimum Gasteiger partial charge on any atom is -0.273 e. The number of non-ortho nitro benzene ring substituents is 1. The maximum absolute atomic E-state index is 11.7. The molecule has 9 heteroatoms. The van der Waals surface area contributed by atoms with Crippen LogP contribution in [0.5, 0.6) is 0 Å². The van der Waals surface area contributed by atoms with E-state index in [0.29, 0.717) is 11.3 Å². The average molecular weight is 303 g/mol. The van der Waals surface area contributed by atoms with E-state index in [0.717, 1.165) is 0 Å². The van der Waals surface area contributed by atoms with Crippen LogP contribution in [-0.4, -0.2) is 28.7 Å². The lowest BCUT2D eigenvalue weighted by atomic mass is 10.0. The Morgan fingerprint density at radius 3 is 2.73 bits per heavy atom. The molecule has 0 saturated carbocycles. The van der Waals surface area contributed by atoms with Crippen LogP contribution in [0, 0.1) is 16.0 Å². The molecule has 0 aromatic heterocycles. The largest absolute Gasteiger partial charge is 0.273 e. The van der Waals surface area contributed by atoms with E-state index in [9.17, 15) is 19.7 Å². The van der Waals surface area contributed by atoms with Crippen LogP contribution in [0.3, 0.4) is 0 Å². The zero-order valence-corrected chi connectivity index (χ0v) is 11.6. The van der Waals surface area contributed by atoms with E-state index in [4.69, 9.17) is 0 Å². The second-order valence-electron chi connectivity index (χ2n) is 4.63. The Hall–Kier alpha value is -3.10. The molecule has 1 aliphatic heterocycles. The number of hydrazone groups is 2. The van der Waals surface area contributed by atoms with Gasteiger partial charge in [-0.3, -0.25) is 19.7 Å². The van der Waals surface area contributed by atoms with E-state index in [1.165, 1.54) is 30.5 Å². The van der Waals surface area contributed by atoms with Crippen molar-refractivity contribution < 1.29 is 14.5 Å². The number of nitro groups is 1. The van der Waals surface area contributed by atoms with Crippen molar-refractivity contribution in [3.05, 3.63) is 39.9 Å². The molecule has 1 heterocycles. The first kappa shape index (κ1) is 15.3. The number of carbonyl (C=O) groups is 2. The van der Waals surface area contributed by atoms with Crippen molar-refractivity contribution in [1.82, 2.24) is 10.9 Å². The van der Waals surface area contributed by atoms with Crippen molar-refractivity contribution in [1.29, 1.82) is 0 Å². The number of carbonyl (C=O) groups excluding carboxylic acids is 2. The van der Waals surface area contributed by atoms with E-state index in [-0.39, 0.29) is 18.0 Å². The van der Waals surface area contributed by atoms with Gasteiger partial charge in [0.15, 0.2) is 0 Å².